The summed E-state index contributed by atoms with van der Waals surface area (Å²) in [4.78, 5) is 4.13. The highest BCUT2D eigenvalue weighted by Crippen LogP contribution is 2.00. The smallest absolute Gasteiger partial charge is 0.138 e. The monoisotopic (exact) mass is 138 g/mol. The molecule has 4 heteroatoms. The van der Waals surface area contributed by atoms with Gasteiger partial charge in [-0.3, -0.25) is 5.32 Å². The molecule has 2 rings (SSSR count). The summed E-state index contributed by atoms with van der Waals surface area (Å²) in [6.07, 6.45) is 3.83. The minimum Gasteiger partial charge on any atom is -0.298 e. The van der Waals surface area contributed by atoms with Crippen molar-refractivity contribution < 1.29 is 0 Å². The van der Waals surface area contributed by atoms with Gasteiger partial charge in [0.25, 0.3) is 0 Å². The lowest BCUT2D eigenvalue weighted by Gasteiger charge is -1.98. The van der Waals surface area contributed by atoms with Gasteiger partial charge in [0, 0.05) is 6.42 Å². The van der Waals surface area contributed by atoms with Crippen LogP contribution in [0.5, 0.6) is 0 Å². The number of hydrogen-bond acceptors (Lipinski definition) is 3. The van der Waals surface area contributed by atoms with E-state index in [1.165, 1.54) is 6.42 Å². The van der Waals surface area contributed by atoms with Crippen LogP contribution < -0.4 is 5.32 Å². The van der Waals surface area contributed by atoms with Crippen molar-refractivity contribution >= 4 is 0 Å². The third-order valence-corrected chi connectivity index (χ3v) is 1.71. The van der Waals surface area contributed by atoms with E-state index in [2.05, 4.69) is 15.4 Å². The Hall–Kier alpha value is -0.900. The molecule has 0 unspecified atom stereocenters. The zero-order chi connectivity index (χ0) is 6.81. The van der Waals surface area contributed by atoms with E-state index in [9.17, 15) is 0 Å². The molecule has 1 aromatic heterocycles. The average molecular weight is 138 g/mol. The van der Waals surface area contributed by atoms with Gasteiger partial charge in [-0.2, -0.15) is 5.10 Å². The van der Waals surface area contributed by atoms with E-state index in [1.54, 1.807) is 6.33 Å². The predicted molar refractivity (Wildman–Crippen MR) is 36.3 cm³/mol. The molecule has 1 aliphatic heterocycles. The Kier molecular flexibility index (Phi) is 1.39. The lowest BCUT2D eigenvalue weighted by atomic mass is 10.3. The van der Waals surface area contributed by atoms with Crippen LogP contribution in [-0.4, -0.2) is 21.3 Å². The molecule has 0 saturated heterocycles. The highest BCUT2D eigenvalue weighted by molar-refractivity contribution is 4.86. The van der Waals surface area contributed by atoms with Gasteiger partial charge >= 0.3 is 0 Å². The van der Waals surface area contributed by atoms with Crippen molar-refractivity contribution in [3.63, 3.8) is 0 Å². The van der Waals surface area contributed by atoms with Crippen LogP contribution in [0, 0.1) is 0 Å². The van der Waals surface area contributed by atoms with E-state index in [-0.39, 0.29) is 0 Å². The SMILES string of the molecule is c1nc2n(n1)CNCCC2. The molecule has 0 fully saturated rings. The van der Waals surface area contributed by atoms with E-state index in [0.717, 1.165) is 25.5 Å². The Morgan fingerprint density at radius 1 is 1.60 bits per heavy atom. The number of rotatable bonds is 0. The Bertz CT molecular complexity index is 197. The van der Waals surface area contributed by atoms with Crippen molar-refractivity contribution in [2.75, 3.05) is 6.54 Å². The molecule has 0 atom stereocenters. The van der Waals surface area contributed by atoms with Crippen LogP contribution in [0.4, 0.5) is 0 Å². The van der Waals surface area contributed by atoms with Gasteiger partial charge in [0.1, 0.15) is 12.2 Å². The van der Waals surface area contributed by atoms with Crippen molar-refractivity contribution in [3.8, 4) is 0 Å². The molecule has 0 saturated carbocycles. The number of aromatic nitrogens is 3. The minimum atomic E-state index is 0.815. The van der Waals surface area contributed by atoms with E-state index < -0.39 is 0 Å². The fourth-order valence-corrected chi connectivity index (χ4v) is 1.17. The second-order valence-electron chi connectivity index (χ2n) is 2.44. The lowest BCUT2D eigenvalue weighted by Crippen LogP contribution is -2.17. The van der Waals surface area contributed by atoms with Crippen molar-refractivity contribution in [1.29, 1.82) is 0 Å². The highest BCUT2D eigenvalue weighted by atomic mass is 15.4. The first-order chi connectivity index (χ1) is 4.97. The molecule has 2 heterocycles. The Morgan fingerprint density at radius 2 is 2.60 bits per heavy atom. The molecule has 10 heavy (non-hydrogen) atoms. The van der Waals surface area contributed by atoms with Gasteiger partial charge in [0.15, 0.2) is 0 Å². The van der Waals surface area contributed by atoms with Crippen LogP contribution in [0.1, 0.15) is 12.2 Å². The third kappa shape index (κ3) is 0.903. The third-order valence-electron chi connectivity index (χ3n) is 1.71. The molecule has 54 valence electrons. The van der Waals surface area contributed by atoms with Crippen LogP contribution in [0.25, 0.3) is 0 Å². The van der Waals surface area contributed by atoms with Gasteiger partial charge < -0.3 is 0 Å². The second-order valence-corrected chi connectivity index (χ2v) is 2.44. The van der Waals surface area contributed by atoms with E-state index in [0.29, 0.717) is 0 Å². The molecule has 0 radical (unpaired) electrons. The molecule has 0 spiro atoms. The summed E-state index contributed by atoms with van der Waals surface area (Å²) in [6.45, 7) is 1.89. The van der Waals surface area contributed by atoms with Crippen LogP contribution in [0.15, 0.2) is 6.33 Å². The van der Waals surface area contributed by atoms with Crippen LogP contribution in [0.3, 0.4) is 0 Å². The summed E-state index contributed by atoms with van der Waals surface area (Å²) in [7, 11) is 0. The Morgan fingerprint density at radius 3 is 3.60 bits per heavy atom. The van der Waals surface area contributed by atoms with Crippen LogP contribution in [-0.2, 0) is 13.1 Å². The van der Waals surface area contributed by atoms with Gasteiger partial charge in [0.2, 0.25) is 0 Å². The number of fused-ring (bicyclic) bond motifs is 1. The van der Waals surface area contributed by atoms with E-state index in [1.807, 2.05) is 4.68 Å². The van der Waals surface area contributed by atoms with Gasteiger partial charge in [-0.15, -0.1) is 0 Å². The second kappa shape index (κ2) is 2.38. The largest absolute Gasteiger partial charge is 0.298 e. The molecule has 4 nitrogen and oxygen atoms in total. The molecule has 1 N–H and O–H groups in total. The zero-order valence-electron chi connectivity index (χ0n) is 5.75. The van der Waals surface area contributed by atoms with Crippen LogP contribution in [0.2, 0.25) is 0 Å². The van der Waals surface area contributed by atoms with Gasteiger partial charge in [-0.05, 0) is 13.0 Å². The molecule has 0 aromatic carbocycles. The Balaban J connectivity index is 2.28. The lowest BCUT2D eigenvalue weighted by molar-refractivity contribution is 0.528. The van der Waals surface area contributed by atoms with Crippen LogP contribution >= 0.6 is 0 Å². The maximum absolute atomic E-state index is 4.13. The summed E-state index contributed by atoms with van der Waals surface area (Å²) in [5.74, 6) is 1.10. The standard InChI is InChI=1S/C6H10N4/c1-2-6-8-4-9-10(6)5-7-3-1/h4,7H,1-3,5H2. The molecule has 0 aliphatic carbocycles. The number of hydrogen-bond donors (Lipinski definition) is 1. The van der Waals surface area contributed by atoms with Gasteiger partial charge in [-0.1, -0.05) is 0 Å². The Labute approximate surface area is 59.3 Å². The first-order valence-corrected chi connectivity index (χ1v) is 3.54. The summed E-state index contributed by atoms with van der Waals surface area (Å²) in [5.41, 5.74) is 0. The highest BCUT2D eigenvalue weighted by Gasteiger charge is 2.06. The summed E-state index contributed by atoms with van der Waals surface area (Å²) in [6, 6.07) is 0. The first kappa shape index (κ1) is 5.85. The number of nitrogens with zero attached hydrogens (tertiary/aromatic N) is 3. The zero-order valence-corrected chi connectivity index (χ0v) is 5.75. The molecular weight excluding hydrogens is 128 g/mol. The molecule has 0 bridgehead atoms. The molecule has 1 aliphatic rings. The van der Waals surface area contributed by atoms with Crippen molar-refractivity contribution in [2.24, 2.45) is 0 Å². The minimum absolute atomic E-state index is 0.815. The number of aryl methyl sites for hydroxylation is 1. The summed E-state index contributed by atoms with van der Waals surface area (Å²) >= 11 is 0. The van der Waals surface area contributed by atoms with Gasteiger partial charge in [0.05, 0.1) is 6.67 Å². The first-order valence-electron chi connectivity index (χ1n) is 3.54. The fourth-order valence-electron chi connectivity index (χ4n) is 1.17. The molecular formula is C6H10N4. The van der Waals surface area contributed by atoms with E-state index in [4.69, 9.17) is 0 Å². The number of nitrogens with one attached hydrogen (secondary N) is 1. The topological polar surface area (TPSA) is 42.7 Å². The average Bonchev–Trinajstić information content (AvgIpc) is 2.28. The molecule has 0 amide bonds. The molecule has 1 aromatic rings. The summed E-state index contributed by atoms with van der Waals surface area (Å²) in [5, 5.41) is 7.31. The normalized spacial score (nSPS) is 18.0. The quantitative estimate of drug-likeness (QED) is 0.538. The van der Waals surface area contributed by atoms with Crippen molar-refractivity contribution in [3.05, 3.63) is 12.2 Å². The maximum atomic E-state index is 4.13. The maximum Gasteiger partial charge on any atom is 0.138 e. The van der Waals surface area contributed by atoms with Gasteiger partial charge in [-0.25, -0.2) is 9.67 Å². The fraction of sp³-hybridized carbons (Fsp3) is 0.667. The summed E-state index contributed by atoms with van der Waals surface area (Å²) < 4.78 is 1.91. The predicted octanol–water partition coefficient (Wildman–Crippen LogP) is -0.229. The van der Waals surface area contributed by atoms with E-state index >= 15 is 0 Å². The van der Waals surface area contributed by atoms with Crippen molar-refractivity contribution in [2.45, 2.75) is 19.5 Å². The van der Waals surface area contributed by atoms with Crippen molar-refractivity contribution in [1.82, 2.24) is 20.1 Å².